The summed E-state index contributed by atoms with van der Waals surface area (Å²) in [6.45, 7) is 1.65. The van der Waals surface area contributed by atoms with Crippen molar-refractivity contribution < 1.29 is 14.3 Å². The molecule has 1 aliphatic carbocycles. The zero-order valence-corrected chi connectivity index (χ0v) is 14.6. The number of hydrogen-bond acceptors (Lipinski definition) is 4. The maximum absolute atomic E-state index is 12.5. The van der Waals surface area contributed by atoms with Crippen LogP contribution in [0.2, 0.25) is 0 Å². The van der Waals surface area contributed by atoms with E-state index in [2.05, 4.69) is 11.4 Å². The van der Waals surface area contributed by atoms with Crippen LogP contribution in [0, 0.1) is 17.2 Å². The first-order chi connectivity index (χ1) is 12.6. The van der Waals surface area contributed by atoms with Gasteiger partial charge in [-0.2, -0.15) is 5.26 Å². The van der Waals surface area contributed by atoms with Gasteiger partial charge in [-0.3, -0.25) is 4.79 Å². The van der Waals surface area contributed by atoms with Crippen molar-refractivity contribution in [2.45, 2.75) is 25.8 Å². The third-order valence-corrected chi connectivity index (χ3v) is 4.54. The molecule has 1 saturated carbocycles. The molecule has 26 heavy (non-hydrogen) atoms. The first kappa shape index (κ1) is 17.7. The molecule has 1 aliphatic rings. The first-order valence-corrected chi connectivity index (χ1v) is 8.65. The van der Waals surface area contributed by atoms with Gasteiger partial charge in [0.05, 0.1) is 17.2 Å². The summed E-state index contributed by atoms with van der Waals surface area (Å²) in [5, 5.41) is 12.2. The highest BCUT2D eigenvalue weighted by molar-refractivity contribution is 5.98. The molecule has 2 aromatic carbocycles. The Hall–Kier alpha value is -3.13. The van der Waals surface area contributed by atoms with Gasteiger partial charge in [-0.25, -0.2) is 4.79 Å². The van der Waals surface area contributed by atoms with Crippen LogP contribution in [-0.4, -0.2) is 24.5 Å². The third-order valence-electron chi connectivity index (χ3n) is 4.54. The maximum Gasteiger partial charge on any atom is 0.339 e. The highest BCUT2D eigenvalue weighted by atomic mass is 16.5. The van der Waals surface area contributed by atoms with E-state index in [9.17, 15) is 14.9 Å². The van der Waals surface area contributed by atoms with Crippen molar-refractivity contribution in [1.82, 2.24) is 5.32 Å². The Morgan fingerprint density at radius 3 is 2.50 bits per heavy atom. The van der Waals surface area contributed by atoms with Crippen LogP contribution in [0.15, 0.2) is 48.5 Å². The predicted octanol–water partition coefficient (Wildman–Crippen LogP) is 3.30. The van der Waals surface area contributed by atoms with Crippen molar-refractivity contribution in [1.29, 1.82) is 5.26 Å². The molecule has 1 atom stereocenters. The van der Waals surface area contributed by atoms with Crippen molar-refractivity contribution in [3.05, 3.63) is 59.7 Å². The van der Waals surface area contributed by atoms with Crippen molar-refractivity contribution in [2.24, 2.45) is 5.92 Å². The second kappa shape index (κ2) is 7.83. The fourth-order valence-electron chi connectivity index (χ4n) is 2.93. The van der Waals surface area contributed by atoms with Crippen LogP contribution in [0.3, 0.4) is 0 Å². The normalized spacial score (nSPS) is 14.2. The Balaban J connectivity index is 1.72. The molecule has 0 bridgehead atoms. The first-order valence-electron chi connectivity index (χ1n) is 8.65. The second-order valence-electron chi connectivity index (χ2n) is 6.47. The average molecular weight is 348 g/mol. The summed E-state index contributed by atoms with van der Waals surface area (Å²) in [6.07, 6.45) is 2.26. The number of amides is 1. The van der Waals surface area contributed by atoms with E-state index in [0.29, 0.717) is 28.2 Å². The van der Waals surface area contributed by atoms with Crippen molar-refractivity contribution in [3.8, 4) is 17.2 Å². The summed E-state index contributed by atoms with van der Waals surface area (Å²) in [5.41, 5.74) is 2.08. The van der Waals surface area contributed by atoms with Gasteiger partial charge in [0.2, 0.25) is 0 Å². The van der Waals surface area contributed by atoms with Crippen molar-refractivity contribution >= 4 is 11.9 Å². The number of benzene rings is 2. The van der Waals surface area contributed by atoms with Crippen LogP contribution >= 0.6 is 0 Å². The smallest absolute Gasteiger partial charge is 0.339 e. The monoisotopic (exact) mass is 348 g/mol. The molecule has 0 radical (unpaired) electrons. The Morgan fingerprint density at radius 2 is 1.81 bits per heavy atom. The molecule has 0 saturated heterocycles. The number of carbonyl (C=O) groups is 2. The van der Waals surface area contributed by atoms with E-state index in [-0.39, 0.29) is 18.6 Å². The third kappa shape index (κ3) is 4.09. The lowest BCUT2D eigenvalue weighted by molar-refractivity contribution is -0.124. The van der Waals surface area contributed by atoms with Crippen molar-refractivity contribution in [3.63, 3.8) is 0 Å². The van der Waals surface area contributed by atoms with E-state index >= 15 is 0 Å². The van der Waals surface area contributed by atoms with E-state index in [1.54, 1.807) is 42.5 Å². The molecular weight excluding hydrogens is 328 g/mol. The van der Waals surface area contributed by atoms with Gasteiger partial charge >= 0.3 is 5.97 Å². The second-order valence-corrected chi connectivity index (χ2v) is 6.47. The average Bonchev–Trinajstić information content (AvgIpc) is 3.51. The summed E-state index contributed by atoms with van der Waals surface area (Å²) in [6, 6.07) is 16.2. The van der Waals surface area contributed by atoms with Crippen LogP contribution < -0.4 is 5.32 Å². The molecule has 0 aliphatic heterocycles. The van der Waals surface area contributed by atoms with E-state index < -0.39 is 5.97 Å². The summed E-state index contributed by atoms with van der Waals surface area (Å²) in [5.74, 6) is -0.340. The highest BCUT2D eigenvalue weighted by Crippen LogP contribution is 2.32. The minimum atomic E-state index is -0.581. The summed E-state index contributed by atoms with van der Waals surface area (Å²) < 4.78 is 5.19. The van der Waals surface area contributed by atoms with Crippen LogP contribution in [0.4, 0.5) is 0 Å². The molecule has 0 aromatic heterocycles. The molecule has 5 heteroatoms. The molecule has 2 aromatic rings. The highest BCUT2D eigenvalue weighted by Gasteiger charge is 2.29. The number of nitrogens with one attached hydrogen (secondary N) is 1. The zero-order valence-electron chi connectivity index (χ0n) is 14.6. The standard InChI is InChI=1S/C21H20N2O3/c1-14(15-10-11-15)23-20(24)13-26-21(25)19-9-5-4-8-18(19)17-7-3-2-6-16(17)12-22/h2-9,14-15H,10-11,13H2,1H3,(H,23,24)/t14-/m1/s1. The van der Waals surface area contributed by atoms with Gasteiger partial charge in [-0.05, 0) is 43.4 Å². The van der Waals surface area contributed by atoms with E-state index in [1.165, 1.54) is 0 Å². The number of nitriles is 1. The van der Waals surface area contributed by atoms with Crippen molar-refractivity contribution in [2.75, 3.05) is 6.61 Å². The number of ether oxygens (including phenoxy) is 1. The van der Waals surface area contributed by atoms with Crippen LogP contribution in [-0.2, 0) is 9.53 Å². The predicted molar refractivity (Wildman–Crippen MR) is 97.2 cm³/mol. The largest absolute Gasteiger partial charge is 0.452 e. The van der Waals surface area contributed by atoms with Crippen LogP contribution in [0.5, 0.6) is 0 Å². The van der Waals surface area contributed by atoms with Crippen LogP contribution in [0.25, 0.3) is 11.1 Å². The molecular formula is C21H20N2O3. The molecule has 5 nitrogen and oxygen atoms in total. The van der Waals surface area contributed by atoms with Gasteiger partial charge in [0.15, 0.2) is 6.61 Å². The van der Waals surface area contributed by atoms with E-state index in [1.807, 2.05) is 13.0 Å². The number of hydrogen-bond donors (Lipinski definition) is 1. The quantitative estimate of drug-likeness (QED) is 0.813. The fourth-order valence-corrected chi connectivity index (χ4v) is 2.93. The molecule has 1 amide bonds. The van der Waals surface area contributed by atoms with Gasteiger partial charge in [0, 0.05) is 11.6 Å². The Labute approximate surface area is 152 Å². The van der Waals surface area contributed by atoms with E-state index in [4.69, 9.17) is 4.74 Å². The lowest BCUT2D eigenvalue weighted by atomic mass is 9.96. The maximum atomic E-state index is 12.5. The molecule has 0 spiro atoms. The summed E-state index contributed by atoms with van der Waals surface area (Å²) >= 11 is 0. The molecule has 3 rings (SSSR count). The van der Waals surface area contributed by atoms with Gasteiger partial charge in [0.25, 0.3) is 5.91 Å². The van der Waals surface area contributed by atoms with Gasteiger partial charge in [0.1, 0.15) is 0 Å². The number of rotatable bonds is 6. The zero-order chi connectivity index (χ0) is 18.5. The summed E-state index contributed by atoms with van der Waals surface area (Å²) in [4.78, 5) is 24.4. The Morgan fingerprint density at radius 1 is 1.15 bits per heavy atom. The Kier molecular flexibility index (Phi) is 5.33. The lowest BCUT2D eigenvalue weighted by Gasteiger charge is -2.14. The molecule has 0 unspecified atom stereocenters. The number of carbonyl (C=O) groups excluding carboxylic acids is 2. The summed E-state index contributed by atoms with van der Waals surface area (Å²) in [7, 11) is 0. The molecule has 132 valence electrons. The Bertz CT molecular complexity index is 866. The van der Waals surface area contributed by atoms with Gasteiger partial charge in [-0.1, -0.05) is 36.4 Å². The molecule has 0 heterocycles. The minimum Gasteiger partial charge on any atom is -0.452 e. The lowest BCUT2D eigenvalue weighted by Crippen LogP contribution is -2.37. The molecule has 1 N–H and O–H groups in total. The fraction of sp³-hybridized carbons (Fsp3) is 0.286. The van der Waals surface area contributed by atoms with Gasteiger partial charge in [-0.15, -0.1) is 0 Å². The minimum absolute atomic E-state index is 0.107. The number of esters is 1. The number of nitrogens with zero attached hydrogens (tertiary/aromatic N) is 1. The van der Waals surface area contributed by atoms with Gasteiger partial charge < -0.3 is 10.1 Å². The van der Waals surface area contributed by atoms with Crippen LogP contribution in [0.1, 0.15) is 35.7 Å². The van der Waals surface area contributed by atoms with E-state index in [0.717, 1.165) is 12.8 Å². The molecule has 1 fully saturated rings. The topological polar surface area (TPSA) is 79.2 Å². The SMILES string of the molecule is C[C@@H](NC(=O)COC(=O)c1ccccc1-c1ccccc1C#N)C1CC1.